The fourth-order valence-electron chi connectivity index (χ4n) is 4.34. The Hall–Kier alpha value is -1.58. The Morgan fingerprint density at radius 3 is 2.52 bits per heavy atom. The van der Waals surface area contributed by atoms with Gasteiger partial charge in [-0.3, -0.25) is 4.79 Å². The van der Waals surface area contributed by atoms with Gasteiger partial charge in [0.2, 0.25) is 5.91 Å². The van der Waals surface area contributed by atoms with Gasteiger partial charge in [0.15, 0.2) is 0 Å². The summed E-state index contributed by atoms with van der Waals surface area (Å²) in [5.41, 5.74) is 1.25. The summed E-state index contributed by atoms with van der Waals surface area (Å²) in [7, 11) is 0. The van der Waals surface area contributed by atoms with Gasteiger partial charge < -0.3 is 10.2 Å². The highest BCUT2D eigenvalue weighted by atomic mass is 19.1. The van der Waals surface area contributed by atoms with Crippen LogP contribution in [0.5, 0.6) is 0 Å². The first kappa shape index (κ1) is 18.2. The van der Waals surface area contributed by atoms with Crippen molar-refractivity contribution in [3.05, 3.63) is 24.0 Å². The number of piperidine rings is 1. The molecule has 3 rings (SSSR count). The number of nitrogens with zero attached hydrogens (tertiary/aromatic N) is 1. The highest BCUT2D eigenvalue weighted by Gasteiger charge is 2.26. The first-order valence-corrected chi connectivity index (χ1v) is 10.0. The van der Waals surface area contributed by atoms with Gasteiger partial charge in [0.1, 0.15) is 5.82 Å². The quantitative estimate of drug-likeness (QED) is 0.778. The number of halogens is 1. The van der Waals surface area contributed by atoms with Crippen molar-refractivity contribution in [2.75, 3.05) is 23.3 Å². The molecular formula is C21H31FN2O. The lowest BCUT2D eigenvalue weighted by Crippen LogP contribution is -2.30. The summed E-state index contributed by atoms with van der Waals surface area (Å²) in [6.07, 6.45) is 10.2. The van der Waals surface area contributed by atoms with Crippen LogP contribution in [0.3, 0.4) is 0 Å². The van der Waals surface area contributed by atoms with Crippen molar-refractivity contribution in [1.82, 2.24) is 0 Å². The van der Waals surface area contributed by atoms with E-state index in [-0.39, 0.29) is 17.6 Å². The number of hydrogen-bond donors (Lipinski definition) is 1. The maximum atomic E-state index is 14.5. The molecule has 1 aliphatic carbocycles. The molecule has 0 unspecified atom stereocenters. The van der Waals surface area contributed by atoms with E-state index in [0.29, 0.717) is 11.4 Å². The van der Waals surface area contributed by atoms with E-state index < -0.39 is 0 Å². The van der Waals surface area contributed by atoms with E-state index in [1.807, 2.05) is 12.1 Å². The van der Waals surface area contributed by atoms with Gasteiger partial charge in [-0.15, -0.1) is 0 Å². The Labute approximate surface area is 151 Å². The topological polar surface area (TPSA) is 32.3 Å². The Kier molecular flexibility index (Phi) is 6.33. The Morgan fingerprint density at radius 2 is 1.88 bits per heavy atom. The second kappa shape index (κ2) is 8.68. The molecule has 1 amide bonds. The number of carbonyl (C=O) groups is 1. The summed E-state index contributed by atoms with van der Waals surface area (Å²) in [5, 5.41) is 2.93. The molecule has 1 saturated heterocycles. The van der Waals surface area contributed by atoms with Crippen molar-refractivity contribution >= 4 is 17.3 Å². The second-order valence-electron chi connectivity index (χ2n) is 7.71. The highest BCUT2D eigenvalue weighted by molar-refractivity contribution is 5.92. The molecular weight excluding hydrogens is 315 g/mol. The number of hydrogen-bond acceptors (Lipinski definition) is 2. The number of anilines is 2. The molecule has 0 radical (unpaired) electrons. The molecule has 1 aromatic carbocycles. The molecule has 138 valence electrons. The maximum Gasteiger partial charge on any atom is 0.227 e. The van der Waals surface area contributed by atoms with Crippen molar-refractivity contribution < 1.29 is 9.18 Å². The van der Waals surface area contributed by atoms with Gasteiger partial charge in [-0.2, -0.15) is 0 Å². The third-order valence-electron chi connectivity index (χ3n) is 5.83. The molecule has 1 heterocycles. The van der Waals surface area contributed by atoms with Gasteiger partial charge in [0.25, 0.3) is 0 Å². The molecule has 0 bridgehead atoms. The molecule has 4 heteroatoms. The Bertz CT molecular complexity index is 575. The van der Waals surface area contributed by atoms with Crippen LogP contribution in [0.15, 0.2) is 18.2 Å². The first-order valence-electron chi connectivity index (χ1n) is 10.0. The van der Waals surface area contributed by atoms with E-state index in [0.717, 1.165) is 57.5 Å². The van der Waals surface area contributed by atoms with Crippen molar-refractivity contribution in [2.45, 2.75) is 64.7 Å². The average molecular weight is 346 g/mol. The molecule has 2 aliphatic rings. The number of carbonyl (C=O) groups excluding carboxylic acids is 1. The van der Waals surface area contributed by atoms with Gasteiger partial charge in [-0.25, -0.2) is 4.39 Å². The molecule has 3 nitrogen and oxygen atoms in total. The van der Waals surface area contributed by atoms with Crippen molar-refractivity contribution in [1.29, 1.82) is 0 Å². The summed E-state index contributed by atoms with van der Waals surface area (Å²) in [5.74, 6) is 0.694. The van der Waals surface area contributed by atoms with Crippen LogP contribution in [-0.4, -0.2) is 19.0 Å². The van der Waals surface area contributed by atoms with Crippen molar-refractivity contribution in [2.24, 2.45) is 11.8 Å². The fourth-order valence-corrected chi connectivity index (χ4v) is 4.34. The minimum Gasteiger partial charge on any atom is -0.369 e. The van der Waals surface area contributed by atoms with Crippen molar-refractivity contribution in [3.63, 3.8) is 0 Å². The monoisotopic (exact) mass is 346 g/mol. The SMILES string of the molecule is CCCC1CCC(C(=O)Nc2ccc(N3CCCCC3)c(F)c2)CC1. The van der Waals surface area contributed by atoms with E-state index in [4.69, 9.17) is 0 Å². The van der Waals surface area contributed by atoms with Crippen LogP contribution in [-0.2, 0) is 4.79 Å². The van der Waals surface area contributed by atoms with Gasteiger partial charge in [-0.1, -0.05) is 19.8 Å². The van der Waals surface area contributed by atoms with Crippen LogP contribution in [0.4, 0.5) is 15.8 Å². The summed E-state index contributed by atoms with van der Waals surface area (Å²) in [6.45, 7) is 4.06. The first-order chi connectivity index (χ1) is 12.2. The van der Waals surface area contributed by atoms with Crippen LogP contribution in [0.25, 0.3) is 0 Å². The van der Waals surface area contributed by atoms with Crippen LogP contribution in [0, 0.1) is 17.7 Å². The lowest BCUT2D eigenvalue weighted by molar-refractivity contribution is -0.121. The van der Waals surface area contributed by atoms with E-state index in [1.165, 1.54) is 25.3 Å². The maximum absolute atomic E-state index is 14.5. The zero-order chi connectivity index (χ0) is 17.6. The number of nitrogens with one attached hydrogen (secondary N) is 1. The lowest BCUT2D eigenvalue weighted by atomic mass is 9.80. The molecule has 1 N–H and O–H groups in total. The molecule has 1 aliphatic heterocycles. The summed E-state index contributed by atoms with van der Waals surface area (Å²) < 4.78 is 14.5. The molecule has 1 saturated carbocycles. The zero-order valence-electron chi connectivity index (χ0n) is 15.4. The summed E-state index contributed by atoms with van der Waals surface area (Å²) in [4.78, 5) is 14.6. The standard InChI is InChI=1S/C21H31FN2O/c1-2-6-16-7-9-17(10-8-16)21(25)23-18-11-12-20(19(22)15-18)24-13-4-3-5-14-24/h11-12,15-17H,2-10,13-14H2,1H3,(H,23,25). The van der Waals surface area contributed by atoms with Crippen LogP contribution in [0.2, 0.25) is 0 Å². The minimum atomic E-state index is -0.230. The largest absolute Gasteiger partial charge is 0.369 e. The molecule has 25 heavy (non-hydrogen) atoms. The smallest absolute Gasteiger partial charge is 0.227 e. The predicted molar refractivity (Wildman–Crippen MR) is 101 cm³/mol. The third kappa shape index (κ3) is 4.74. The van der Waals surface area contributed by atoms with Gasteiger partial charge >= 0.3 is 0 Å². The number of rotatable bonds is 5. The van der Waals surface area contributed by atoms with E-state index in [1.54, 1.807) is 0 Å². The second-order valence-corrected chi connectivity index (χ2v) is 7.71. The fraction of sp³-hybridized carbons (Fsp3) is 0.667. The lowest BCUT2D eigenvalue weighted by Gasteiger charge is -2.29. The van der Waals surface area contributed by atoms with Crippen LogP contribution >= 0.6 is 0 Å². The van der Waals surface area contributed by atoms with E-state index in [9.17, 15) is 9.18 Å². The Morgan fingerprint density at radius 1 is 1.16 bits per heavy atom. The molecule has 0 atom stereocenters. The number of benzene rings is 1. The third-order valence-corrected chi connectivity index (χ3v) is 5.83. The average Bonchev–Trinajstić information content (AvgIpc) is 2.63. The Balaban J connectivity index is 1.56. The minimum absolute atomic E-state index is 0.0556. The predicted octanol–water partition coefficient (Wildman–Crippen LogP) is 5.36. The van der Waals surface area contributed by atoms with Gasteiger partial charge in [-0.05, 0) is 69.1 Å². The normalized spacial score (nSPS) is 24.2. The summed E-state index contributed by atoms with van der Waals surface area (Å²) >= 11 is 0. The molecule has 1 aromatic rings. The zero-order valence-corrected chi connectivity index (χ0v) is 15.4. The highest BCUT2D eigenvalue weighted by Crippen LogP contribution is 2.32. The molecule has 0 aromatic heterocycles. The van der Waals surface area contributed by atoms with Gasteiger partial charge in [0.05, 0.1) is 5.69 Å². The van der Waals surface area contributed by atoms with E-state index in [2.05, 4.69) is 17.1 Å². The van der Waals surface area contributed by atoms with Crippen LogP contribution in [0.1, 0.15) is 64.7 Å². The van der Waals surface area contributed by atoms with Gasteiger partial charge in [0, 0.05) is 24.7 Å². The van der Waals surface area contributed by atoms with Crippen molar-refractivity contribution in [3.8, 4) is 0 Å². The molecule has 0 spiro atoms. The number of amides is 1. The molecule has 2 fully saturated rings. The summed E-state index contributed by atoms with van der Waals surface area (Å²) in [6, 6.07) is 5.13. The van der Waals surface area contributed by atoms with E-state index >= 15 is 0 Å². The van der Waals surface area contributed by atoms with Crippen LogP contribution < -0.4 is 10.2 Å².